The van der Waals surface area contributed by atoms with E-state index in [2.05, 4.69) is 113 Å². The summed E-state index contributed by atoms with van der Waals surface area (Å²) < 4.78 is 67.6. The Balaban J connectivity index is 0.000000253. The van der Waals surface area contributed by atoms with E-state index >= 15 is 0 Å². The van der Waals surface area contributed by atoms with E-state index in [9.17, 15) is 0 Å². The van der Waals surface area contributed by atoms with Crippen LogP contribution in [0.3, 0.4) is 0 Å². The molecule has 283 valence electrons. The number of nitrogens with zero attached hydrogens (tertiary/aromatic N) is 2. The van der Waals surface area contributed by atoms with Crippen LogP contribution in [0.5, 0.6) is 0 Å². The van der Waals surface area contributed by atoms with Crippen molar-refractivity contribution < 1.29 is 35.5 Å². The van der Waals surface area contributed by atoms with Gasteiger partial charge in [0.25, 0.3) is 0 Å². The fourth-order valence-electron chi connectivity index (χ4n) is 6.67. The topological polar surface area (TPSA) is 38.9 Å². The maximum absolute atomic E-state index is 8.74. The van der Waals surface area contributed by atoms with Gasteiger partial charge in [-0.2, -0.15) is 0 Å². The van der Waals surface area contributed by atoms with Crippen LogP contribution in [0.1, 0.15) is 48.4 Å². The molecular formula is C53H44IrN2O-2. The number of aromatic nitrogens is 2. The van der Waals surface area contributed by atoms with E-state index in [4.69, 9.17) is 15.4 Å². The van der Waals surface area contributed by atoms with E-state index in [0.717, 1.165) is 33.0 Å². The van der Waals surface area contributed by atoms with Gasteiger partial charge in [-0.1, -0.05) is 153 Å². The molecule has 6 aromatic carbocycles. The number of pyridine rings is 2. The molecule has 0 saturated heterocycles. The maximum atomic E-state index is 8.74. The van der Waals surface area contributed by atoms with Gasteiger partial charge in [0.15, 0.2) is 0 Å². The van der Waals surface area contributed by atoms with Crippen molar-refractivity contribution in [2.75, 3.05) is 0 Å². The summed E-state index contributed by atoms with van der Waals surface area (Å²) >= 11 is 0. The van der Waals surface area contributed by atoms with Crippen molar-refractivity contribution in [2.24, 2.45) is 5.41 Å². The standard InChI is InChI=1S/C40H32NO.C13H12N.Ir/c1-40(2,3)26-27-22-23-41-37(24-27)36-11-7-10-35-34-21-20-33(25-38(34)42-39(35)36)32-18-16-31(17-19-32)30-14-12-29(13-15-30)28-8-5-4-6-9-28;1-10-3-6-12(7-4-10)13-8-5-11(2)9-14-13;/h4-10,12-25H,26H2,1-3H3;3-6,8-9H,1-2H3;/q2*-1;/i26D2;1D3,2D3;. The molecular weight excluding hydrogens is 873 g/mol. The number of benzene rings is 6. The van der Waals surface area contributed by atoms with Gasteiger partial charge in [0.2, 0.25) is 0 Å². The minimum Gasteiger partial charge on any atom is -0.501 e. The number of rotatable bonds is 6. The van der Waals surface area contributed by atoms with Crippen LogP contribution in [-0.4, -0.2) is 9.97 Å². The predicted octanol–water partition coefficient (Wildman–Crippen LogP) is 14.2. The number of furan rings is 1. The van der Waals surface area contributed by atoms with Crippen LogP contribution in [0, 0.1) is 31.3 Å². The van der Waals surface area contributed by atoms with Crippen molar-refractivity contribution in [3.8, 4) is 55.9 Å². The summed E-state index contributed by atoms with van der Waals surface area (Å²) in [5, 5.41) is 2.01. The number of hydrogen-bond acceptors (Lipinski definition) is 3. The predicted molar refractivity (Wildman–Crippen MR) is 233 cm³/mol. The fourth-order valence-corrected chi connectivity index (χ4v) is 6.67. The number of hydrogen-bond donors (Lipinski definition) is 0. The van der Waals surface area contributed by atoms with Crippen LogP contribution in [0.25, 0.3) is 77.8 Å². The van der Waals surface area contributed by atoms with E-state index in [1.807, 2.05) is 45.0 Å². The summed E-state index contributed by atoms with van der Waals surface area (Å²) in [5.74, 6) is 0. The molecule has 0 spiro atoms. The van der Waals surface area contributed by atoms with Gasteiger partial charge in [0.1, 0.15) is 5.58 Å². The first-order chi connectivity index (χ1) is 30.4. The van der Waals surface area contributed by atoms with Crippen LogP contribution in [0.4, 0.5) is 0 Å². The van der Waals surface area contributed by atoms with Crippen molar-refractivity contribution in [1.82, 2.24) is 9.97 Å². The third-order valence-corrected chi connectivity index (χ3v) is 9.36. The summed E-state index contributed by atoms with van der Waals surface area (Å²) in [6, 6.07) is 55.3. The normalized spacial score (nSPS) is 13.9. The summed E-state index contributed by atoms with van der Waals surface area (Å²) in [7, 11) is 0. The molecule has 0 aliphatic heterocycles. The van der Waals surface area contributed by atoms with Gasteiger partial charge in [-0.3, -0.25) is 0 Å². The average Bonchev–Trinajstić information content (AvgIpc) is 3.67. The van der Waals surface area contributed by atoms with Gasteiger partial charge in [-0.25, -0.2) is 0 Å². The molecule has 3 aromatic heterocycles. The van der Waals surface area contributed by atoms with Gasteiger partial charge in [-0.15, -0.1) is 53.6 Å². The molecule has 0 saturated carbocycles. The van der Waals surface area contributed by atoms with Crippen LogP contribution in [-0.2, 0) is 26.5 Å². The molecule has 9 aromatic rings. The van der Waals surface area contributed by atoms with Crippen LogP contribution in [0.15, 0.2) is 168 Å². The molecule has 0 bridgehead atoms. The third-order valence-electron chi connectivity index (χ3n) is 9.36. The average molecular weight is 925 g/mol. The van der Waals surface area contributed by atoms with Gasteiger partial charge in [-0.05, 0) is 81.1 Å². The molecule has 0 amide bonds. The fraction of sp³-hybridized carbons (Fsp3) is 0.132. The summed E-state index contributed by atoms with van der Waals surface area (Å²) in [6.07, 6.45) is 1.44. The Morgan fingerprint density at radius 1 is 0.614 bits per heavy atom. The van der Waals surface area contributed by atoms with Crippen molar-refractivity contribution in [3.05, 3.63) is 193 Å². The van der Waals surface area contributed by atoms with E-state index in [1.165, 1.54) is 46.6 Å². The van der Waals surface area contributed by atoms with E-state index in [-0.39, 0.29) is 31.2 Å². The van der Waals surface area contributed by atoms with E-state index < -0.39 is 25.5 Å². The maximum Gasteiger partial charge on any atom is 0.121 e. The van der Waals surface area contributed by atoms with Crippen LogP contribution >= 0.6 is 0 Å². The largest absolute Gasteiger partial charge is 0.501 e. The molecule has 9 rings (SSSR count). The van der Waals surface area contributed by atoms with E-state index in [0.29, 0.717) is 28.1 Å². The Bertz CT molecular complexity index is 2990. The Labute approximate surface area is 361 Å². The second-order valence-electron chi connectivity index (χ2n) is 14.7. The molecule has 0 aliphatic rings. The zero-order valence-electron chi connectivity index (χ0n) is 39.7. The number of fused-ring (bicyclic) bond motifs is 3. The quantitative estimate of drug-likeness (QED) is 0.156. The van der Waals surface area contributed by atoms with Gasteiger partial charge in [0, 0.05) is 48.9 Å². The Morgan fingerprint density at radius 3 is 1.88 bits per heavy atom. The first kappa shape index (κ1) is 30.2. The Hall–Kier alpha value is -5.93. The Kier molecular flexibility index (Phi) is 9.05. The van der Waals surface area contributed by atoms with Gasteiger partial charge >= 0.3 is 0 Å². The molecule has 0 aliphatic carbocycles. The van der Waals surface area contributed by atoms with Crippen molar-refractivity contribution in [2.45, 2.75) is 40.8 Å². The Morgan fingerprint density at radius 2 is 1.26 bits per heavy atom. The zero-order chi connectivity index (χ0) is 45.4. The molecule has 0 N–H and O–H groups in total. The summed E-state index contributed by atoms with van der Waals surface area (Å²) in [5.41, 5.74) is 11.4. The van der Waals surface area contributed by atoms with Crippen molar-refractivity contribution >= 4 is 21.9 Å². The molecule has 4 heteroatoms. The second-order valence-corrected chi connectivity index (χ2v) is 14.7. The van der Waals surface area contributed by atoms with Crippen LogP contribution < -0.4 is 0 Å². The molecule has 3 nitrogen and oxygen atoms in total. The molecule has 3 heterocycles. The van der Waals surface area contributed by atoms with Gasteiger partial charge < -0.3 is 14.4 Å². The molecule has 0 unspecified atom stereocenters. The number of aryl methyl sites for hydroxylation is 2. The van der Waals surface area contributed by atoms with Gasteiger partial charge in [0.05, 0.1) is 5.58 Å². The minimum atomic E-state index is -2.18. The third kappa shape index (κ3) is 9.21. The minimum absolute atomic E-state index is 0. The van der Waals surface area contributed by atoms with E-state index in [1.54, 1.807) is 24.4 Å². The molecule has 57 heavy (non-hydrogen) atoms. The summed E-state index contributed by atoms with van der Waals surface area (Å²) in [6.45, 7) is 1.39. The molecule has 0 fully saturated rings. The van der Waals surface area contributed by atoms with Crippen molar-refractivity contribution in [3.63, 3.8) is 0 Å². The molecule has 0 atom stereocenters. The first-order valence-electron chi connectivity index (χ1n) is 22.5. The monoisotopic (exact) mass is 925 g/mol. The first-order valence-corrected chi connectivity index (χ1v) is 18.5. The smallest absolute Gasteiger partial charge is 0.121 e. The second kappa shape index (κ2) is 17.1. The summed E-state index contributed by atoms with van der Waals surface area (Å²) in [4.78, 5) is 8.66. The molecule has 1 radical (unpaired) electrons. The van der Waals surface area contributed by atoms with Crippen molar-refractivity contribution in [1.29, 1.82) is 0 Å². The SMILES string of the molecule is [2H]C([2H])([2H])c1c[c-]c(-c2ccc(C([2H])([2H])[2H])cn2)cc1.[2H]C([2H])(c1ccnc(-c2[c-]ccc3c2oc2cc(-c4ccc(-c5ccc(-c6ccccc6)cc5)cc4)ccc23)c1)C(C)(C)C.[Ir]. The zero-order valence-corrected chi connectivity index (χ0v) is 34.1. The van der Waals surface area contributed by atoms with Crippen LogP contribution in [0.2, 0.25) is 0 Å².